The number of nitrogens with two attached hydrogens (primary N) is 1. The van der Waals surface area contributed by atoms with Crippen molar-refractivity contribution in [1.82, 2.24) is 4.90 Å². The highest BCUT2D eigenvalue weighted by molar-refractivity contribution is 6.31. The minimum absolute atomic E-state index is 0.000949. The molecule has 116 valence electrons. The Kier molecular flexibility index (Phi) is 5.56. The topological polar surface area (TPSA) is 58.4 Å². The van der Waals surface area contributed by atoms with Crippen molar-refractivity contribution >= 4 is 23.2 Å². The van der Waals surface area contributed by atoms with E-state index in [4.69, 9.17) is 17.3 Å². The molecule has 1 saturated heterocycles. The molecule has 1 aliphatic heterocycles. The van der Waals surface area contributed by atoms with Crippen LogP contribution < -0.4 is 11.1 Å². The van der Waals surface area contributed by atoms with Gasteiger partial charge in [-0.05, 0) is 38.0 Å². The zero-order valence-corrected chi connectivity index (χ0v) is 12.9. The first kappa shape index (κ1) is 16.2. The highest BCUT2D eigenvalue weighted by atomic mass is 35.5. The molecule has 0 aromatic heterocycles. The molecular weight excluding hydrogens is 293 g/mol. The number of piperidine rings is 1. The van der Waals surface area contributed by atoms with Crippen LogP contribution in [0.3, 0.4) is 0 Å². The molecule has 6 heteroatoms. The molecule has 0 radical (unpaired) electrons. The maximum atomic E-state index is 13.1. The average molecular weight is 314 g/mol. The predicted octanol–water partition coefficient (Wildman–Crippen LogP) is 2.62. The molecule has 0 saturated carbocycles. The summed E-state index contributed by atoms with van der Waals surface area (Å²) < 4.78 is 13.1. The van der Waals surface area contributed by atoms with E-state index in [-0.39, 0.29) is 23.5 Å². The summed E-state index contributed by atoms with van der Waals surface area (Å²) in [5.41, 5.74) is 6.29. The maximum Gasteiger partial charge on any atom is 0.238 e. The lowest BCUT2D eigenvalue weighted by atomic mass is 9.96. The summed E-state index contributed by atoms with van der Waals surface area (Å²) in [6.07, 6.45) is 3.25. The van der Waals surface area contributed by atoms with Gasteiger partial charge in [-0.3, -0.25) is 9.69 Å². The van der Waals surface area contributed by atoms with Gasteiger partial charge in [-0.15, -0.1) is 0 Å². The molecule has 1 fully saturated rings. The second kappa shape index (κ2) is 7.20. The van der Waals surface area contributed by atoms with Gasteiger partial charge in [-0.1, -0.05) is 18.0 Å². The van der Waals surface area contributed by atoms with Crippen molar-refractivity contribution in [2.24, 2.45) is 5.73 Å². The Morgan fingerprint density at radius 3 is 2.95 bits per heavy atom. The van der Waals surface area contributed by atoms with Gasteiger partial charge in [0.25, 0.3) is 0 Å². The summed E-state index contributed by atoms with van der Waals surface area (Å²) in [6.45, 7) is 2.96. The number of hydrogen-bond donors (Lipinski definition) is 2. The number of amides is 1. The molecule has 0 spiro atoms. The molecule has 1 aromatic rings. The molecule has 1 aromatic carbocycles. The van der Waals surface area contributed by atoms with E-state index in [9.17, 15) is 9.18 Å². The molecule has 21 heavy (non-hydrogen) atoms. The number of likely N-dealkylation sites (tertiary alicyclic amines) is 1. The van der Waals surface area contributed by atoms with Crippen LogP contribution in [0.4, 0.5) is 10.1 Å². The first-order chi connectivity index (χ1) is 10.0. The molecule has 0 aliphatic carbocycles. The Bertz CT molecular complexity index is 512. The number of anilines is 1. The largest absolute Gasteiger partial charge is 0.329 e. The van der Waals surface area contributed by atoms with Crippen molar-refractivity contribution in [2.75, 3.05) is 18.4 Å². The summed E-state index contributed by atoms with van der Waals surface area (Å²) in [7, 11) is 0. The summed E-state index contributed by atoms with van der Waals surface area (Å²) in [5, 5.41) is 2.75. The predicted molar refractivity (Wildman–Crippen MR) is 82.9 cm³/mol. The van der Waals surface area contributed by atoms with Gasteiger partial charge in [0.05, 0.1) is 11.6 Å². The first-order valence-corrected chi connectivity index (χ1v) is 7.59. The van der Waals surface area contributed by atoms with E-state index in [2.05, 4.69) is 17.1 Å². The molecular formula is C15H21ClFN3O. The van der Waals surface area contributed by atoms with Gasteiger partial charge >= 0.3 is 0 Å². The van der Waals surface area contributed by atoms with Crippen molar-refractivity contribution < 1.29 is 9.18 Å². The van der Waals surface area contributed by atoms with Crippen molar-refractivity contribution in [3.05, 3.63) is 29.0 Å². The van der Waals surface area contributed by atoms with E-state index in [0.29, 0.717) is 18.3 Å². The zero-order chi connectivity index (χ0) is 15.4. The van der Waals surface area contributed by atoms with E-state index >= 15 is 0 Å². The van der Waals surface area contributed by atoms with Gasteiger partial charge in [0.15, 0.2) is 0 Å². The van der Waals surface area contributed by atoms with E-state index in [1.165, 1.54) is 18.2 Å². The van der Waals surface area contributed by atoms with Gasteiger partial charge in [0.1, 0.15) is 5.82 Å². The highest BCUT2D eigenvalue weighted by Crippen LogP contribution is 2.23. The van der Waals surface area contributed by atoms with Crippen LogP contribution in [-0.4, -0.2) is 36.0 Å². The summed E-state index contributed by atoms with van der Waals surface area (Å²) in [4.78, 5) is 14.3. The van der Waals surface area contributed by atoms with Gasteiger partial charge in [-0.25, -0.2) is 4.39 Å². The van der Waals surface area contributed by atoms with Crippen LogP contribution in [0.15, 0.2) is 18.2 Å². The van der Waals surface area contributed by atoms with Gasteiger partial charge in [-0.2, -0.15) is 0 Å². The molecule has 0 bridgehead atoms. The smallest absolute Gasteiger partial charge is 0.238 e. The SMILES string of the molecule is CC1CCCC(CN)N1CC(=O)Nc1ccc(F)c(Cl)c1. The minimum Gasteiger partial charge on any atom is -0.329 e. The summed E-state index contributed by atoms with van der Waals surface area (Å²) in [5.74, 6) is -0.632. The number of halogens is 2. The van der Waals surface area contributed by atoms with E-state index in [1.54, 1.807) is 0 Å². The van der Waals surface area contributed by atoms with E-state index in [0.717, 1.165) is 19.3 Å². The zero-order valence-electron chi connectivity index (χ0n) is 12.1. The van der Waals surface area contributed by atoms with E-state index < -0.39 is 5.82 Å². The van der Waals surface area contributed by atoms with Gasteiger partial charge < -0.3 is 11.1 Å². The van der Waals surface area contributed by atoms with Crippen LogP contribution in [0.5, 0.6) is 0 Å². The van der Waals surface area contributed by atoms with Crippen LogP contribution in [0.25, 0.3) is 0 Å². The lowest BCUT2D eigenvalue weighted by Crippen LogP contribution is -2.51. The second-order valence-corrected chi connectivity index (χ2v) is 5.93. The maximum absolute atomic E-state index is 13.1. The van der Waals surface area contributed by atoms with Crippen molar-refractivity contribution in [1.29, 1.82) is 0 Å². The van der Waals surface area contributed by atoms with Gasteiger partial charge in [0.2, 0.25) is 5.91 Å². The Morgan fingerprint density at radius 1 is 1.52 bits per heavy atom. The van der Waals surface area contributed by atoms with Crippen molar-refractivity contribution in [2.45, 2.75) is 38.3 Å². The first-order valence-electron chi connectivity index (χ1n) is 7.22. The van der Waals surface area contributed by atoms with Crippen molar-refractivity contribution in [3.8, 4) is 0 Å². The average Bonchev–Trinajstić information content (AvgIpc) is 2.45. The number of nitrogens with zero attached hydrogens (tertiary/aromatic N) is 1. The number of carbonyl (C=O) groups is 1. The van der Waals surface area contributed by atoms with Crippen LogP contribution in [0.2, 0.25) is 5.02 Å². The third-order valence-electron chi connectivity index (χ3n) is 4.00. The lowest BCUT2D eigenvalue weighted by molar-refractivity contribution is -0.118. The molecule has 4 nitrogen and oxygen atoms in total. The Labute approximate surface area is 129 Å². The molecule has 2 rings (SSSR count). The molecule has 2 unspecified atom stereocenters. The Hall–Kier alpha value is -1.17. The van der Waals surface area contributed by atoms with Crippen molar-refractivity contribution in [3.63, 3.8) is 0 Å². The third-order valence-corrected chi connectivity index (χ3v) is 4.29. The van der Waals surface area contributed by atoms with Crippen LogP contribution in [0, 0.1) is 5.82 Å². The fourth-order valence-electron chi connectivity index (χ4n) is 2.82. The Balaban J connectivity index is 1.98. The number of benzene rings is 1. The van der Waals surface area contributed by atoms with E-state index in [1.807, 2.05) is 0 Å². The molecule has 2 atom stereocenters. The molecule has 1 amide bonds. The third kappa shape index (κ3) is 4.15. The van der Waals surface area contributed by atoms with Gasteiger partial charge in [0, 0.05) is 24.3 Å². The number of hydrogen-bond acceptors (Lipinski definition) is 3. The molecule has 3 N–H and O–H groups in total. The molecule has 1 heterocycles. The monoisotopic (exact) mass is 313 g/mol. The highest BCUT2D eigenvalue weighted by Gasteiger charge is 2.28. The number of carbonyl (C=O) groups excluding carboxylic acids is 1. The van der Waals surface area contributed by atoms with Crippen LogP contribution in [-0.2, 0) is 4.79 Å². The number of rotatable bonds is 4. The Morgan fingerprint density at radius 2 is 2.29 bits per heavy atom. The summed E-state index contributed by atoms with van der Waals surface area (Å²) in [6, 6.07) is 4.74. The second-order valence-electron chi connectivity index (χ2n) is 5.52. The quantitative estimate of drug-likeness (QED) is 0.898. The standard InChI is InChI=1S/C15H21ClFN3O/c1-10-3-2-4-12(8-18)20(10)9-15(21)19-11-5-6-14(17)13(16)7-11/h5-7,10,12H,2-4,8-9,18H2,1H3,(H,19,21). The van der Waals surface area contributed by atoms with Crippen LogP contribution >= 0.6 is 11.6 Å². The number of nitrogens with one attached hydrogen (secondary N) is 1. The summed E-state index contributed by atoms with van der Waals surface area (Å²) >= 11 is 5.70. The fraction of sp³-hybridized carbons (Fsp3) is 0.533. The normalized spacial score (nSPS) is 23.0. The fourth-order valence-corrected chi connectivity index (χ4v) is 3.00. The minimum atomic E-state index is -0.498. The lowest BCUT2D eigenvalue weighted by Gasteiger charge is -2.39. The van der Waals surface area contributed by atoms with Crippen LogP contribution in [0.1, 0.15) is 26.2 Å². The molecule has 1 aliphatic rings.